The number of rotatable bonds is 9. The zero-order valence-electron chi connectivity index (χ0n) is 23.4. The Kier molecular flexibility index (Phi) is 7.42. The first-order chi connectivity index (χ1) is 21.2. The number of halogens is 6. The molecule has 1 aliphatic heterocycles. The highest BCUT2D eigenvalue weighted by molar-refractivity contribution is 6.09. The van der Waals surface area contributed by atoms with Crippen LogP contribution in [-0.4, -0.2) is 50.6 Å². The van der Waals surface area contributed by atoms with Crippen molar-refractivity contribution in [2.45, 2.75) is 51.2 Å². The molecular weight excluding hydrogens is 610 g/mol. The third-order valence-electron chi connectivity index (χ3n) is 7.53. The molecule has 45 heavy (non-hydrogen) atoms. The lowest BCUT2D eigenvalue weighted by Gasteiger charge is -2.33. The summed E-state index contributed by atoms with van der Waals surface area (Å²) < 4.78 is 91.4. The highest BCUT2D eigenvalue weighted by Gasteiger charge is 2.50. The Hall–Kier alpha value is -4.73. The molecule has 2 aliphatic rings. The van der Waals surface area contributed by atoms with E-state index in [-0.39, 0.29) is 50.7 Å². The molecule has 6 rings (SSSR count). The molecule has 4 heterocycles. The minimum absolute atomic E-state index is 0.000825. The zero-order valence-corrected chi connectivity index (χ0v) is 23.4. The van der Waals surface area contributed by atoms with E-state index in [1.165, 1.54) is 42.1 Å². The minimum Gasteiger partial charge on any atom is -0.423 e. The summed E-state index contributed by atoms with van der Waals surface area (Å²) in [6.45, 7) is 0.243. The van der Waals surface area contributed by atoms with Crippen LogP contribution in [0.4, 0.5) is 32.0 Å². The number of primary amides is 1. The number of benzene rings is 1. The second-order valence-electron chi connectivity index (χ2n) is 10.9. The summed E-state index contributed by atoms with van der Waals surface area (Å²) in [5.41, 5.74) is 6.67. The van der Waals surface area contributed by atoms with Crippen LogP contribution in [0.25, 0.3) is 22.2 Å². The summed E-state index contributed by atoms with van der Waals surface area (Å²) in [5.74, 6) is -3.39. The van der Waals surface area contributed by atoms with Gasteiger partial charge in [-0.1, -0.05) is 6.07 Å². The summed E-state index contributed by atoms with van der Waals surface area (Å²) in [6.07, 6.45) is -4.89. The second kappa shape index (κ2) is 11.0. The van der Waals surface area contributed by atoms with E-state index in [9.17, 15) is 35.9 Å². The first-order valence-electron chi connectivity index (χ1n) is 13.8. The number of nitrogens with zero attached hydrogens (tertiary/aromatic N) is 5. The molecule has 1 saturated carbocycles. The van der Waals surface area contributed by atoms with Gasteiger partial charge in [0.25, 0.3) is 5.91 Å². The fourth-order valence-corrected chi connectivity index (χ4v) is 5.26. The first-order valence-corrected chi connectivity index (χ1v) is 13.8. The number of nitrogens with two attached hydrogens (primary N) is 1. The van der Waals surface area contributed by atoms with Crippen LogP contribution in [0.15, 0.2) is 42.7 Å². The van der Waals surface area contributed by atoms with Crippen LogP contribution in [0.2, 0.25) is 0 Å². The number of hydrogen-bond acceptors (Lipinski definition) is 7. The zero-order chi connectivity index (χ0) is 32.3. The number of hydrogen-bond donors (Lipinski definition) is 1. The van der Waals surface area contributed by atoms with Crippen molar-refractivity contribution in [3.8, 4) is 16.9 Å². The van der Waals surface area contributed by atoms with Crippen LogP contribution in [0, 0.1) is 11.7 Å². The number of fused-ring (bicyclic) bond motifs is 2. The van der Waals surface area contributed by atoms with Gasteiger partial charge in [0.15, 0.2) is 11.4 Å². The number of ether oxygens (including phenoxy) is 2. The van der Waals surface area contributed by atoms with E-state index in [1.54, 1.807) is 0 Å². The van der Waals surface area contributed by atoms with Crippen molar-refractivity contribution in [2.75, 3.05) is 11.5 Å². The third kappa shape index (κ3) is 6.01. The largest absolute Gasteiger partial charge is 0.522 e. The number of carbonyl (C=O) groups is 2. The van der Waals surface area contributed by atoms with Crippen LogP contribution < -0.4 is 15.4 Å². The molecule has 0 unspecified atom stereocenters. The van der Waals surface area contributed by atoms with Crippen LogP contribution >= 0.6 is 0 Å². The molecule has 3 aromatic heterocycles. The van der Waals surface area contributed by atoms with Crippen LogP contribution in [0.3, 0.4) is 0 Å². The molecule has 236 valence electrons. The van der Waals surface area contributed by atoms with Crippen LogP contribution in [0.1, 0.15) is 47.6 Å². The van der Waals surface area contributed by atoms with Gasteiger partial charge >= 0.3 is 18.4 Å². The van der Waals surface area contributed by atoms with Crippen molar-refractivity contribution >= 4 is 28.5 Å². The van der Waals surface area contributed by atoms with Crippen molar-refractivity contribution in [3.63, 3.8) is 0 Å². The van der Waals surface area contributed by atoms with Crippen LogP contribution in [0.5, 0.6) is 5.75 Å². The predicted octanol–water partition coefficient (Wildman–Crippen LogP) is 5.30. The lowest BCUT2D eigenvalue weighted by molar-refractivity contribution is -0.327. The van der Waals surface area contributed by atoms with Crippen LogP contribution in [-0.2, 0) is 22.5 Å². The maximum absolute atomic E-state index is 14.9. The molecule has 2 N–H and O–H groups in total. The van der Waals surface area contributed by atoms with Gasteiger partial charge in [-0.15, -0.1) is 13.2 Å². The Morgan fingerprint density at radius 1 is 1.20 bits per heavy atom. The van der Waals surface area contributed by atoms with E-state index >= 15 is 0 Å². The lowest BCUT2D eigenvalue weighted by atomic mass is 9.93. The van der Waals surface area contributed by atoms with Gasteiger partial charge < -0.3 is 10.5 Å². The normalized spacial score (nSPS) is 16.9. The maximum Gasteiger partial charge on any atom is 0.522 e. The van der Waals surface area contributed by atoms with Crippen molar-refractivity contribution in [1.82, 2.24) is 19.7 Å². The number of carbonyl (C=O) groups excluding carboxylic acids is 2. The van der Waals surface area contributed by atoms with E-state index in [1.807, 2.05) is 0 Å². The summed E-state index contributed by atoms with van der Waals surface area (Å²) in [6, 6.07) is 5.38. The Bertz CT molecular complexity index is 1810. The number of aromatic nitrogens is 4. The van der Waals surface area contributed by atoms with Gasteiger partial charge in [0.2, 0.25) is 0 Å². The molecule has 1 aromatic carbocycles. The third-order valence-corrected chi connectivity index (χ3v) is 7.53. The van der Waals surface area contributed by atoms with E-state index in [0.717, 1.165) is 30.0 Å². The van der Waals surface area contributed by atoms with Crippen molar-refractivity contribution < 1.29 is 45.4 Å². The molecule has 0 saturated heterocycles. The summed E-state index contributed by atoms with van der Waals surface area (Å²) in [5, 5.41) is 4.44. The predicted molar refractivity (Wildman–Crippen MR) is 146 cm³/mol. The van der Waals surface area contributed by atoms with Gasteiger partial charge in [-0.2, -0.15) is 13.9 Å². The van der Waals surface area contributed by atoms with Gasteiger partial charge in [0.1, 0.15) is 5.82 Å². The van der Waals surface area contributed by atoms with E-state index in [2.05, 4.69) is 19.8 Å². The van der Waals surface area contributed by atoms with Gasteiger partial charge in [0.05, 0.1) is 54.2 Å². The quantitative estimate of drug-likeness (QED) is 0.248. The van der Waals surface area contributed by atoms with Gasteiger partial charge in [-0.25, -0.2) is 14.1 Å². The smallest absolute Gasteiger partial charge is 0.423 e. The summed E-state index contributed by atoms with van der Waals surface area (Å²) >= 11 is 0. The van der Waals surface area contributed by atoms with Gasteiger partial charge in [-0.3, -0.25) is 24.2 Å². The molecular formula is C29H24F6N6O4. The monoisotopic (exact) mass is 634 g/mol. The Labute approximate surface area is 250 Å². The molecule has 16 heteroatoms. The van der Waals surface area contributed by atoms with Crippen molar-refractivity contribution in [1.29, 1.82) is 0 Å². The number of anilines is 1. The summed E-state index contributed by atoms with van der Waals surface area (Å²) in [4.78, 5) is 34.8. The lowest BCUT2D eigenvalue weighted by Crippen LogP contribution is -2.50. The highest BCUT2D eigenvalue weighted by atomic mass is 19.4. The molecule has 0 bridgehead atoms. The average molecular weight is 635 g/mol. The number of amides is 2. The molecule has 1 aliphatic carbocycles. The van der Waals surface area contributed by atoms with Gasteiger partial charge in [0, 0.05) is 10.9 Å². The standard InChI is InChI=1S/C29H24F6N6O4/c1-14(13-44-29(33,34)35)41-26-19(11-38-41)23(24(25(36)42)20(39-26)8-15-2-3-15)16-4-7-21-22(9-16)45-28(31,32)27(43)40(21)12-18-6-5-17(30)10-37-18/h4-7,9-11,14-15H,2-3,8,12-13H2,1H3,(H2,36,42)/t14-/m1/s1. The fourth-order valence-electron chi connectivity index (χ4n) is 5.26. The van der Waals surface area contributed by atoms with E-state index < -0.39 is 55.0 Å². The van der Waals surface area contributed by atoms with Crippen molar-refractivity contribution in [3.05, 3.63) is 65.5 Å². The van der Waals surface area contributed by atoms with Gasteiger partial charge in [-0.05, 0) is 61.9 Å². The van der Waals surface area contributed by atoms with E-state index in [0.29, 0.717) is 6.42 Å². The maximum atomic E-state index is 14.9. The average Bonchev–Trinajstić information content (AvgIpc) is 3.69. The molecule has 0 radical (unpaired) electrons. The Balaban J connectivity index is 1.49. The molecule has 2 amide bonds. The number of alkyl halides is 5. The highest BCUT2D eigenvalue weighted by Crippen LogP contribution is 2.45. The molecule has 1 atom stereocenters. The van der Waals surface area contributed by atoms with Crippen molar-refractivity contribution in [2.24, 2.45) is 11.7 Å². The topological polar surface area (TPSA) is 125 Å². The molecule has 0 spiro atoms. The number of pyridine rings is 2. The minimum atomic E-state index is -4.88. The molecule has 1 fully saturated rings. The Morgan fingerprint density at radius 3 is 2.60 bits per heavy atom. The fraction of sp³-hybridized carbons (Fsp3) is 0.345. The first kappa shape index (κ1) is 30.3. The second-order valence-corrected chi connectivity index (χ2v) is 10.9. The van der Waals surface area contributed by atoms with E-state index in [4.69, 9.17) is 10.5 Å². The molecule has 10 nitrogen and oxygen atoms in total. The summed E-state index contributed by atoms with van der Waals surface area (Å²) in [7, 11) is 0. The molecule has 4 aromatic rings. The SMILES string of the molecule is C[C@H](COC(F)(F)F)n1ncc2c(-c3ccc4c(c3)OC(F)(F)C(=O)N4Cc3ccc(F)cn3)c(C(N)=O)c(CC3CC3)nc21. The Morgan fingerprint density at radius 2 is 1.96 bits per heavy atom.